The van der Waals surface area contributed by atoms with Gasteiger partial charge >= 0.3 is 0 Å². The second kappa shape index (κ2) is 6.60. The van der Waals surface area contributed by atoms with Crippen LogP contribution in [0.1, 0.15) is 17.3 Å². The fraction of sp³-hybridized carbons (Fsp3) is 0.455. The van der Waals surface area contributed by atoms with E-state index >= 15 is 0 Å². The third-order valence-electron chi connectivity index (χ3n) is 2.29. The van der Waals surface area contributed by atoms with E-state index in [9.17, 15) is 4.79 Å². The highest BCUT2D eigenvalue weighted by atomic mass is 79.9. The minimum Gasteiger partial charge on any atom is -0.351 e. The molecule has 0 unspecified atom stereocenters. The van der Waals surface area contributed by atoms with E-state index in [1.807, 2.05) is 7.05 Å². The lowest BCUT2D eigenvalue weighted by molar-refractivity contribution is 0.0949. The molecule has 1 rings (SSSR count). The van der Waals surface area contributed by atoms with E-state index in [4.69, 9.17) is 0 Å². The molecule has 0 spiro atoms. The Kier molecular flexibility index (Phi) is 5.42. The van der Waals surface area contributed by atoms with Crippen LogP contribution in [-0.2, 0) is 0 Å². The van der Waals surface area contributed by atoms with Crippen molar-refractivity contribution >= 4 is 21.8 Å². The Morgan fingerprint density at radius 1 is 1.56 bits per heavy atom. The van der Waals surface area contributed by atoms with Crippen molar-refractivity contribution in [3.05, 3.63) is 28.5 Å². The Bertz CT molecular complexity index is 357. The minimum absolute atomic E-state index is 0.0849. The quantitative estimate of drug-likeness (QED) is 0.892. The van der Waals surface area contributed by atoms with Crippen LogP contribution in [0.5, 0.6) is 0 Å². The Balaban J connectivity index is 2.41. The van der Waals surface area contributed by atoms with Gasteiger partial charge in [0.2, 0.25) is 0 Å². The van der Waals surface area contributed by atoms with Crippen LogP contribution in [-0.4, -0.2) is 42.5 Å². The van der Waals surface area contributed by atoms with Crippen LogP contribution in [0.2, 0.25) is 0 Å². The maximum absolute atomic E-state index is 11.7. The molecular weight excluding hydrogens is 270 g/mol. The Morgan fingerprint density at radius 3 is 2.94 bits per heavy atom. The predicted molar refractivity (Wildman–Crippen MR) is 67.4 cm³/mol. The molecule has 1 aromatic rings. The van der Waals surface area contributed by atoms with E-state index in [0.29, 0.717) is 12.1 Å². The summed E-state index contributed by atoms with van der Waals surface area (Å²) in [5.41, 5.74) is 0.577. The third-order valence-corrected chi connectivity index (χ3v) is 2.72. The molecule has 0 aliphatic rings. The number of carbonyl (C=O) groups excluding carboxylic acids is 1. The number of nitrogens with zero attached hydrogens (tertiary/aromatic N) is 2. The molecule has 0 saturated carbocycles. The smallest absolute Gasteiger partial charge is 0.252 e. The van der Waals surface area contributed by atoms with Gasteiger partial charge in [-0.1, -0.05) is 6.92 Å². The number of hydrogen-bond donors (Lipinski definition) is 1. The second-order valence-corrected chi connectivity index (χ2v) is 4.46. The summed E-state index contributed by atoms with van der Waals surface area (Å²) in [6.45, 7) is 4.56. The number of amides is 1. The lowest BCUT2D eigenvalue weighted by Gasteiger charge is -2.13. The zero-order chi connectivity index (χ0) is 12.0. The van der Waals surface area contributed by atoms with E-state index in [0.717, 1.165) is 17.6 Å². The molecule has 0 aliphatic carbocycles. The number of likely N-dealkylation sites (N-methyl/N-ethyl adjacent to an activating group) is 1. The summed E-state index contributed by atoms with van der Waals surface area (Å²) in [4.78, 5) is 17.8. The number of hydrogen-bond acceptors (Lipinski definition) is 3. The molecule has 0 aromatic carbocycles. The highest BCUT2D eigenvalue weighted by Crippen LogP contribution is 2.09. The first kappa shape index (κ1) is 13.1. The molecule has 1 N–H and O–H groups in total. The summed E-state index contributed by atoms with van der Waals surface area (Å²) in [5, 5.41) is 2.85. The number of halogens is 1. The van der Waals surface area contributed by atoms with Crippen LogP contribution in [0.3, 0.4) is 0 Å². The number of carbonyl (C=O) groups is 1. The highest BCUT2D eigenvalue weighted by molar-refractivity contribution is 9.10. The van der Waals surface area contributed by atoms with E-state index in [1.54, 1.807) is 18.5 Å². The summed E-state index contributed by atoms with van der Waals surface area (Å²) in [6.07, 6.45) is 3.21. The summed E-state index contributed by atoms with van der Waals surface area (Å²) in [6, 6.07) is 1.76. The standard InChI is InChI=1S/C11H16BrN3O/c1-3-15(2)5-4-14-11(16)9-6-10(12)8-13-7-9/h6-8H,3-5H2,1-2H3,(H,14,16). The largest absolute Gasteiger partial charge is 0.351 e. The van der Waals surface area contributed by atoms with Gasteiger partial charge in [0, 0.05) is 30.0 Å². The molecule has 1 amide bonds. The summed E-state index contributed by atoms with van der Waals surface area (Å²) in [5.74, 6) is -0.0849. The van der Waals surface area contributed by atoms with Gasteiger partial charge < -0.3 is 10.2 Å². The normalized spacial score (nSPS) is 10.5. The van der Waals surface area contributed by atoms with Gasteiger partial charge in [-0.15, -0.1) is 0 Å². The van der Waals surface area contributed by atoms with Gasteiger partial charge in [0.1, 0.15) is 0 Å². The van der Waals surface area contributed by atoms with Gasteiger partial charge in [-0.2, -0.15) is 0 Å². The Hall–Kier alpha value is -0.940. The topological polar surface area (TPSA) is 45.2 Å². The van der Waals surface area contributed by atoms with Gasteiger partial charge in [-0.3, -0.25) is 9.78 Å². The molecule has 0 aliphatic heterocycles. The molecule has 4 nitrogen and oxygen atoms in total. The molecule has 88 valence electrons. The van der Waals surface area contributed by atoms with Crippen molar-refractivity contribution in [2.75, 3.05) is 26.7 Å². The van der Waals surface area contributed by atoms with Gasteiger partial charge in [0.15, 0.2) is 0 Å². The monoisotopic (exact) mass is 285 g/mol. The maximum atomic E-state index is 11.7. The average Bonchev–Trinajstić information content (AvgIpc) is 2.28. The first-order valence-electron chi connectivity index (χ1n) is 5.20. The number of pyridine rings is 1. The fourth-order valence-electron chi connectivity index (χ4n) is 1.16. The van der Waals surface area contributed by atoms with Crippen LogP contribution < -0.4 is 5.32 Å². The van der Waals surface area contributed by atoms with E-state index in [-0.39, 0.29) is 5.91 Å². The SMILES string of the molecule is CCN(C)CCNC(=O)c1cncc(Br)c1. The second-order valence-electron chi connectivity index (χ2n) is 3.54. The lowest BCUT2D eigenvalue weighted by Crippen LogP contribution is -2.32. The fourth-order valence-corrected chi connectivity index (χ4v) is 1.52. The summed E-state index contributed by atoms with van der Waals surface area (Å²) < 4.78 is 0.811. The van der Waals surface area contributed by atoms with Crippen molar-refractivity contribution in [2.24, 2.45) is 0 Å². The summed E-state index contributed by atoms with van der Waals surface area (Å²) in [7, 11) is 2.02. The Labute approximate surface area is 104 Å². The zero-order valence-corrected chi connectivity index (χ0v) is 11.1. The molecular formula is C11H16BrN3O. The van der Waals surface area contributed by atoms with Crippen LogP contribution in [0, 0.1) is 0 Å². The third kappa shape index (κ3) is 4.28. The predicted octanol–water partition coefficient (Wildman–Crippen LogP) is 1.53. The van der Waals surface area contributed by atoms with Crippen LogP contribution in [0.25, 0.3) is 0 Å². The van der Waals surface area contributed by atoms with Crippen molar-refractivity contribution in [2.45, 2.75) is 6.92 Å². The number of rotatable bonds is 5. The van der Waals surface area contributed by atoms with Crippen molar-refractivity contribution < 1.29 is 4.79 Å². The van der Waals surface area contributed by atoms with Gasteiger partial charge in [-0.25, -0.2) is 0 Å². The highest BCUT2D eigenvalue weighted by Gasteiger charge is 2.05. The molecule has 0 saturated heterocycles. The molecule has 0 bridgehead atoms. The van der Waals surface area contributed by atoms with Crippen LogP contribution >= 0.6 is 15.9 Å². The van der Waals surface area contributed by atoms with Crippen molar-refractivity contribution in [1.29, 1.82) is 0 Å². The van der Waals surface area contributed by atoms with Crippen LogP contribution in [0.4, 0.5) is 0 Å². The zero-order valence-electron chi connectivity index (χ0n) is 9.53. The van der Waals surface area contributed by atoms with E-state index in [2.05, 4.69) is 38.1 Å². The van der Waals surface area contributed by atoms with Crippen LogP contribution in [0.15, 0.2) is 22.9 Å². The van der Waals surface area contributed by atoms with E-state index < -0.39 is 0 Å². The number of nitrogens with one attached hydrogen (secondary N) is 1. The van der Waals surface area contributed by atoms with Gasteiger partial charge in [0.25, 0.3) is 5.91 Å². The molecule has 0 radical (unpaired) electrons. The summed E-state index contributed by atoms with van der Waals surface area (Å²) >= 11 is 3.28. The molecule has 16 heavy (non-hydrogen) atoms. The molecule has 0 atom stereocenters. The molecule has 1 aromatic heterocycles. The maximum Gasteiger partial charge on any atom is 0.252 e. The molecule has 0 fully saturated rings. The first-order chi connectivity index (χ1) is 7.63. The molecule has 1 heterocycles. The Morgan fingerprint density at radius 2 is 2.31 bits per heavy atom. The lowest BCUT2D eigenvalue weighted by atomic mass is 10.3. The van der Waals surface area contributed by atoms with Gasteiger partial charge in [0.05, 0.1) is 5.56 Å². The first-order valence-corrected chi connectivity index (χ1v) is 6.00. The average molecular weight is 286 g/mol. The van der Waals surface area contributed by atoms with Gasteiger partial charge in [-0.05, 0) is 35.6 Å². The minimum atomic E-state index is -0.0849. The van der Waals surface area contributed by atoms with Crippen molar-refractivity contribution in [3.63, 3.8) is 0 Å². The van der Waals surface area contributed by atoms with Crippen molar-refractivity contribution in [1.82, 2.24) is 15.2 Å². The number of aromatic nitrogens is 1. The van der Waals surface area contributed by atoms with Crippen molar-refractivity contribution in [3.8, 4) is 0 Å². The van der Waals surface area contributed by atoms with E-state index in [1.165, 1.54) is 0 Å². The molecule has 5 heteroatoms.